The van der Waals surface area contributed by atoms with Gasteiger partial charge in [-0.15, -0.1) is 0 Å². The first kappa shape index (κ1) is 16.5. The molecule has 0 radical (unpaired) electrons. The van der Waals surface area contributed by atoms with Crippen LogP contribution >= 0.6 is 0 Å². The van der Waals surface area contributed by atoms with Crippen molar-refractivity contribution >= 4 is 10.1 Å². The molecule has 8 heteroatoms. The molecule has 0 heterocycles. The maximum absolute atomic E-state index is 13.2. The molecule has 4 fully saturated rings. The summed E-state index contributed by atoms with van der Waals surface area (Å²) in [6, 6.07) is 0. The molecular weight excluding hydrogens is 318 g/mol. The first-order valence-corrected chi connectivity index (χ1v) is 9.11. The second-order valence-electron chi connectivity index (χ2n) is 7.39. The third-order valence-corrected chi connectivity index (χ3v) is 6.96. The number of hydrogen-bond donors (Lipinski definition) is 2. The Labute approximate surface area is 128 Å². The molecule has 0 aliphatic heterocycles. The quantitative estimate of drug-likeness (QED) is 0.747. The van der Waals surface area contributed by atoms with Gasteiger partial charge in [-0.25, -0.2) is 0 Å². The van der Waals surface area contributed by atoms with Crippen molar-refractivity contribution in [1.29, 1.82) is 0 Å². The average Bonchev–Trinajstić information content (AvgIpc) is 2.37. The van der Waals surface area contributed by atoms with Gasteiger partial charge < -0.3 is 9.84 Å². The number of alkyl halides is 2. The highest BCUT2D eigenvalue weighted by Gasteiger charge is 2.58. The van der Waals surface area contributed by atoms with Crippen molar-refractivity contribution in [3.63, 3.8) is 0 Å². The van der Waals surface area contributed by atoms with Crippen molar-refractivity contribution in [2.24, 2.45) is 29.6 Å². The largest absolute Gasteiger partial charge is 0.392 e. The van der Waals surface area contributed by atoms with E-state index in [0.717, 1.165) is 25.7 Å². The highest BCUT2D eigenvalue weighted by atomic mass is 32.2. The van der Waals surface area contributed by atoms with Gasteiger partial charge in [0.15, 0.2) is 0 Å². The van der Waals surface area contributed by atoms with Crippen LogP contribution in [0.4, 0.5) is 8.78 Å². The molecule has 0 aromatic rings. The fraction of sp³-hybridized carbons (Fsp3) is 1.00. The van der Waals surface area contributed by atoms with Gasteiger partial charge in [-0.3, -0.25) is 4.55 Å². The van der Waals surface area contributed by atoms with Gasteiger partial charge in [0.1, 0.15) is 6.61 Å². The summed E-state index contributed by atoms with van der Waals surface area (Å²) >= 11 is 0. The van der Waals surface area contributed by atoms with Crippen molar-refractivity contribution in [1.82, 2.24) is 0 Å². The van der Waals surface area contributed by atoms with Gasteiger partial charge in [-0.05, 0) is 62.2 Å². The SMILES string of the molecule is CC1(O)C2CC3CC(C2)C(COCC(F)(F)S(=O)(=O)O)C1C3. The molecule has 2 N–H and O–H groups in total. The third kappa shape index (κ3) is 2.57. The van der Waals surface area contributed by atoms with Crippen LogP contribution in [0.15, 0.2) is 0 Å². The Balaban J connectivity index is 1.64. The average molecular weight is 340 g/mol. The summed E-state index contributed by atoms with van der Waals surface area (Å²) in [5.41, 5.74) is -0.799. The molecule has 0 amide bonds. The predicted molar refractivity (Wildman–Crippen MR) is 73.9 cm³/mol. The molecule has 4 aliphatic carbocycles. The Bertz CT molecular complexity index is 547. The van der Waals surface area contributed by atoms with Gasteiger partial charge in [0.25, 0.3) is 0 Å². The number of rotatable bonds is 5. The molecule has 4 bridgehead atoms. The summed E-state index contributed by atoms with van der Waals surface area (Å²) in [6.07, 6.45) is 3.83. The highest BCUT2D eigenvalue weighted by Crippen LogP contribution is 2.60. The molecule has 4 saturated carbocycles. The van der Waals surface area contributed by atoms with Gasteiger partial charge in [-0.1, -0.05) is 0 Å². The molecule has 4 rings (SSSR count). The molecule has 22 heavy (non-hydrogen) atoms. The standard InChI is InChI=1S/C14H22F2O5S/c1-13(17)10-3-8-2-9(5-10)11(12(13)4-8)6-21-7-14(15,16)22(18,19)20/h8-12,17H,2-7H2,1H3,(H,18,19,20). The minimum atomic E-state index is -5.46. The van der Waals surface area contributed by atoms with Crippen molar-refractivity contribution in [3.8, 4) is 0 Å². The van der Waals surface area contributed by atoms with Gasteiger partial charge in [0, 0.05) is 0 Å². The topological polar surface area (TPSA) is 83.8 Å². The molecule has 5 nitrogen and oxygen atoms in total. The van der Waals surface area contributed by atoms with E-state index >= 15 is 0 Å². The zero-order valence-electron chi connectivity index (χ0n) is 12.4. The van der Waals surface area contributed by atoms with E-state index < -0.39 is 27.6 Å². The monoisotopic (exact) mass is 340 g/mol. The van der Waals surface area contributed by atoms with Crippen molar-refractivity contribution < 1.29 is 31.6 Å². The molecule has 0 aromatic carbocycles. The van der Waals surface area contributed by atoms with E-state index in [2.05, 4.69) is 0 Å². The molecule has 4 aliphatic rings. The summed E-state index contributed by atoms with van der Waals surface area (Å²) in [5.74, 6) is 1.21. The summed E-state index contributed by atoms with van der Waals surface area (Å²) in [4.78, 5) is 0. The Kier molecular flexibility index (Phi) is 3.83. The van der Waals surface area contributed by atoms with Crippen molar-refractivity contribution in [3.05, 3.63) is 0 Å². The zero-order valence-corrected chi connectivity index (χ0v) is 13.2. The van der Waals surface area contributed by atoms with Crippen LogP contribution in [0.5, 0.6) is 0 Å². The Hall–Kier alpha value is -0.310. The third-order valence-electron chi connectivity index (χ3n) is 6.09. The second-order valence-corrected chi connectivity index (χ2v) is 8.94. The summed E-state index contributed by atoms with van der Waals surface area (Å²) in [7, 11) is -5.46. The van der Waals surface area contributed by atoms with E-state index in [1.54, 1.807) is 0 Å². The van der Waals surface area contributed by atoms with Crippen LogP contribution in [0, 0.1) is 29.6 Å². The maximum Gasteiger partial charge on any atom is 0.392 e. The predicted octanol–water partition coefficient (Wildman–Crippen LogP) is 1.92. The van der Waals surface area contributed by atoms with Gasteiger partial charge in [0.2, 0.25) is 0 Å². The van der Waals surface area contributed by atoms with Crippen molar-refractivity contribution in [2.75, 3.05) is 13.2 Å². The van der Waals surface area contributed by atoms with Crippen LogP contribution in [-0.2, 0) is 14.9 Å². The number of ether oxygens (including phenoxy) is 1. The lowest BCUT2D eigenvalue weighted by atomic mass is 9.46. The molecule has 6 atom stereocenters. The molecule has 0 saturated heterocycles. The fourth-order valence-corrected chi connectivity index (χ4v) is 5.21. The molecule has 128 valence electrons. The Morgan fingerprint density at radius 2 is 1.95 bits per heavy atom. The fourth-order valence-electron chi connectivity index (χ4n) is 4.98. The van der Waals surface area contributed by atoms with E-state index in [1.165, 1.54) is 0 Å². The molecular formula is C14H22F2O5S. The van der Waals surface area contributed by atoms with E-state index in [9.17, 15) is 22.3 Å². The smallest absolute Gasteiger partial charge is 0.390 e. The van der Waals surface area contributed by atoms with Gasteiger partial charge >= 0.3 is 15.4 Å². The van der Waals surface area contributed by atoms with Crippen LogP contribution in [0.1, 0.15) is 32.6 Å². The number of halogens is 2. The Morgan fingerprint density at radius 1 is 1.27 bits per heavy atom. The lowest BCUT2D eigenvalue weighted by molar-refractivity contribution is -0.203. The minimum absolute atomic E-state index is 0.00394. The van der Waals surface area contributed by atoms with E-state index in [-0.39, 0.29) is 24.4 Å². The van der Waals surface area contributed by atoms with Crippen LogP contribution in [0.2, 0.25) is 0 Å². The molecule has 6 unspecified atom stereocenters. The summed E-state index contributed by atoms with van der Waals surface area (Å²) in [5, 5.41) is 6.42. The van der Waals surface area contributed by atoms with Crippen LogP contribution in [0.3, 0.4) is 0 Å². The maximum atomic E-state index is 13.2. The minimum Gasteiger partial charge on any atom is -0.390 e. The normalized spacial score (nSPS) is 44.5. The van der Waals surface area contributed by atoms with Crippen LogP contribution in [-0.4, -0.2) is 42.1 Å². The second kappa shape index (κ2) is 5.09. The van der Waals surface area contributed by atoms with Crippen LogP contribution in [0.25, 0.3) is 0 Å². The van der Waals surface area contributed by atoms with E-state index in [0.29, 0.717) is 11.8 Å². The zero-order chi connectivity index (χ0) is 16.3. The van der Waals surface area contributed by atoms with E-state index in [1.807, 2.05) is 6.92 Å². The summed E-state index contributed by atoms with van der Waals surface area (Å²) in [6.45, 7) is 0.465. The van der Waals surface area contributed by atoms with Gasteiger partial charge in [0.05, 0.1) is 12.2 Å². The molecule has 0 spiro atoms. The van der Waals surface area contributed by atoms with Crippen molar-refractivity contribution in [2.45, 2.75) is 43.5 Å². The number of hydrogen-bond acceptors (Lipinski definition) is 4. The lowest BCUT2D eigenvalue weighted by Crippen LogP contribution is -2.61. The highest BCUT2D eigenvalue weighted by molar-refractivity contribution is 7.86. The lowest BCUT2D eigenvalue weighted by Gasteiger charge is -2.61. The Morgan fingerprint density at radius 3 is 2.59 bits per heavy atom. The number of aliphatic hydroxyl groups is 1. The van der Waals surface area contributed by atoms with Gasteiger partial charge in [-0.2, -0.15) is 17.2 Å². The first-order chi connectivity index (χ1) is 10.0. The summed E-state index contributed by atoms with van der Waals surface area (Å²) < 4.78 is 60.9. The molecule has 0 aromatic heterocycles. The van der Waals surface area contributed by atoms with E-state index in [4.69, 9.17) is 9.29 Å². The first-order valence-electron chi connectivity index (χ1n) is 7.67. The van der Waals surface area contributed by atoms with Crippen LogP contribution < -0.4 is 0 Å².